The van der Waals surface area contributed by atoms with Crippen LogP contribution in [0.3, 0.4) is 0 Å². The molecule has 0 radical (unpaired) electrons. The maximum Gasteiger partial charge on any atom is 0.123 e. The zero-order valence-corrected chi connectivity index (χ0v) is 14.2. The number of benzene rings is 3. The molecule has 0 saturated carbocycles. The quantitative estimate of drug-likeness (QED) is 0.457. The predicted molar refractivity (Wildman–Crippen MR) is 101 cm³/mol. The zero-order valence-electron chi connectivity index (χ0n) is 13.5. The summed E-state index contributed by atoms with van der Waals surface area (Å²) in [4.78, 5) is 0. The Kier molecular flexibility index (Phi) is 5.12. The van der Waals surface area contributed by atoms with Crippen molar-refractivity contribution in [2.45, 2.75) is 13.3 Å². The highest BCUT2D eigenvalue weighted by Crippen LogP contribution is 2.34. The van der Waals surface area contributed by atoms with Gasteiger partial charge in [0.15, 0.2) is 0 Å². The molecule has 24 heavy (non-hydrogen) atoms. The Hall–Kier alpha value is -2.38. The molecule has 0 N–H and O–H groups in total. The van der Waals surface area contributed by atoms with Gasteiger partial charge in [0.25, 0.3) is 0 Å². The maximum atomic E-state index is 13.3. The maximum absolute atomic E-state index is 13.3. The van der Waals surface area contributed by atoms with Gasteiger partial charge in [0, 0.05) is 5.02 Å². The lowest BCUT2D eigenvalue weighted by Crippen LogP contribution is -1.95. The van der Waals surface area contributed by atoms with Gasteiger partial charge in [-0.3, -0.25) is 0 Å². The Balaban J connectivity index is 2.25. The first-order chi connectivity index (χ1) is 11.7. The van der Waals surface area contributed by atoms with Crippen molar-refractivity contribution in [2.75, 3.05) is 0 Å². The lowest BCUT2D eigenvalue weighted by atomic mass is 9.88. The second-order valence-electron chi connectivity index (χ2n) is 5.59. The van der Waals surface area contributed by atoms with Gasteiger partial charge in [0.05, 0.1) is 0 Å². The average molecular weight is 337 g/mol. The van der Waals surface area contributed by atoms with E-state index in [0.29, 0.717) is 5.02 Å². The summed E-state index contributed by atoms with van der Waals surface area (Å²) in [5.41, 5.74) is 5.62. The van der Waals surface area contributed by atoms with Crippen molar-refractivity contribution in [1.29, 1.82) is 0 Å². The SMILES string of the molecule is CC/C(=C(\c1ccccc1)c1ccc(Cl)cc1)c1ccc(F)cc1. The van der Waals surface area contributed by atoms with E-state index in [9.17, 15) is 4.39 Å². The molecule has 0 saturated heterocycles. The van der Waals surface area contributed by atoms with Crippen molar-refractivity contribution in [3.63, 3.8) is 0 Å². The highest BCUT2D eigenvalue weighted by Gasteiger charge is 2.12. The normalized spacial score (nSPS) is 12.0. The van der Waals surface area contributed by atoms with E-state index in [2.05, 4.69) is 19.1 Å². The highest BCUT2D eigenvalue weighted by molar-refractivity contribution is 6.30. The second-order valence-corrected chi connectivity index (χ2v) is 6.02. The molecule has 0 aromatic heterocycles. The van der Waals surface area contributed by atoms with E-state index in [1.54, 1.807) is 0 Å². The summed E-state index contributed by atoms with van der Waals surface area (Å²) in [7, 11) is 0. The van der Waals surface area contributed by atoms with E-state index in [4.69, 9.17) is 11.6 Å². The summed E-state index contributed by atoms with van der Waals surface area (Å²) in [6.45, 7) is 2.12. The smallest absolute Gasteiger partial charge is 0.123 e. The monoisotopic (exact) mass is 336 g/mol. The summed E-state index contributed by atoms with van der Waals surface area (Å²) in [5, 5.41) is 0.714. The molecule has 3 aromatic carbocycles. The lowest BCUT2D eigenvalue weighted by molar-refractivity contribution is 0.627. The first kappa shape index (κ1) is 16.5. The van der Waals surface area contributed by atoms with Gasteiger partial charge in [0.1, 0.15) is 5.82 Å². The topological polar surface area (TPSA) is 0 Å². The minimum absolute atomic E-state index is 0.220. The molecule has 0 nitrogen and oxygen atoms in total. The fourth-order valence-electron chi connectivity index (χ4n) is 2.91. The molecule has 0 bridgehead atoms. The molecule has 2 heteroatoms. The van der Waals surface area contributed by atoms with Crippen molar-refractivity contribution in [3.8, 4) is 0 Å². The Bertz CT molecular complexity index is 831. The average Bonchev–Trinajstić information content (AvgIpc) is 2.62. The Morgan fingerprint density at radius 1 is 0.750 bits per heavy atom. The van der Waals surface area contributed by atoms with Crippen LogP contribution < -0.4 is 0 Å². The van der Waals surface area contributed by atoms with Gasteiger partial charge in [-0.1, -0.05) is 73.1 Å². The number of halogens is 2. The predicted octanol–water partition coefficient (Wildman–Crippen LogP) is 6.85. The van der Waals surface area contributed by atoms with E-state index in [1.165, 1.54) is 17.7 Å². The fraction of sp³-hybridized carbons (Fsp3) is 0.0909. The van der Waals surface area contributed by atoms with E-state index in [1.807, 2.05) is 54.6 Å². The van der Waals surface area contributed by atoms with Gasteiger partial charge < -0.3 is 0 Å². The van der Waals surface area contributed by atoms with Crippen LogP contribution >= 0.6 is 11.6 Å². The molecule has 0 amide bonds. The third-order valence-corrected chi connectivity index (χ3v) is 4.30. The van der Waals surface area contributed by atoms with Crippen molar-refractivity contribution in [2.24, 2.45) is 0 Å². The first-order valence-corrected chi connectivity index (χ1v) is 8.37. The van der Waals surface area contributed by atoms with Crippen molar-refractivity contribution < 1.29 is 4.39 Å². The van der Waals surface area contributed by atoms with Crippen LogP contribution in [0.2, 0.25) is 5.02 Å². The van der Waals surface area contributed by atoms with E-state index in [-0.39, 0.29) is 5.82 Å². The van der Waals surface area contributed by atoms with Crippen LogP contribution in [0.4, 0.5) is 4.39 Å². The highest BCUT2D eigenvalue weighted by atomic mass is 35.5. The zero-order chi connectivity index (χ0) is 16.9. The largest absolute Gasteiger partial charge is 0.207 e. The molecule has 0 fully saturated rings. The molecule has 0 heterocycles. The van der Waals surface area contributed by atoms with Crippen molar-refractivity contribution >= 4 is 22.7 Å². The molecule has 0 aliphatic rings. The Morgan fingerprint density at radius 3 is 1.88 bits per heavy atom. The minimum atomic E-state index is -0.220. The molecule has 0 aliphatic carbocycles. The molecular weight excluding hydrogens is 319 g/mol. The number of hydrogen-bond donors (Lipinski definition) is 0. The molecule has 120 valence electrons. The molecule has 0 unspecified atom stereocenters. The van der Waals surface area contributed by atoms with E-state index in [0.717, 1.165) is 28.7 Å². The molecule has 0 atom stereocenters. The minimum Gasteiger partial charge on any atom is -0.207 e. The Labute approximate surface area is 147 Å². The van der Waals surface area contributed by atoms with Gasteiger partial charge in [-0.05, 0) is 58.5 Å². The number of allylic oxidation sites excluding steroid dienone is 1. The second kappa shape index (κ2) is 7.46. The van der Waals surface area contributed by atoms with Crippen LogP contribution in [0.1, 0.15) is 30.0 Å². The molecule has 0 aliphatic heterocycles. The Morgan fingerprint density at radius 2 is 1.29 bits per heavy atom. The van der Waals surface area contributed by atoms with Crippen LogP contribution in [0, 0.1) is 5.82 Å². The molecular formula is C22H18ClF. The molecule has 0 spiro atoms. The summed E-state index contributed by atoms with van der Waals surface area (Å²) >= 11 is 6.05. The number of hydrogen-bond acceptors (Lipinski definition) is 0. The van der Waals surface area contributed by atoms with Crippen LogP contribution in [-0.2, 0) is 0 Å². The summed E-state index contributed by atoms with van der Waals surface area (Å²) < 4.78 is 13.3. The van der Waals surface area contributed by atoms with Gasteiger partial charge in [-0.2, -0.15) is 0 Å². The van der Waals surface area contributed by atoms with Crippen LogP contribution in [0.5, 0.6) is 0 Å². The fourth-order valence-corrected chi connectivity index (χ4v) is 3.04. The van der Waals surface area contributed by atoms with Gasteiger partial charge in [0.2, 0.25) is 0 Å². The molecule has 3 rings (SSSR count). The standard InChI is InChI=1S/C22H18ClF/c1-2-21(16-10-14-20(24)15-11-16)22(17-6-4-3-5-7-17)18-8-12-19(23)13-9-18/h3-15H,2H2,1H3/b22-21-. The van der Waals surface area contributed by atoms with Crippen LogP contribution in [0.25, 0.3) is 11.1 Å². The van der Waals surface area contributed by atoms with Crippen molar-refractivity contribution in [3.05, 3.63) is 106 Å². The van der Waals surface area contributed by atoms with Gasteiger partial charge >= 0.3 is 0 Å². The summed E-state index contributed by atoms with van der Waals surface area (Å²) in [5.74, 6) is -0.220. The van der Waals surface area contributed by atoms with Crippen LogP contribution in [0.15, 0.2) is 78.9 Å². The van der Waals surface area contributed by atoms with Crippen LogP contribution in [-0.4, -0.2) is 0 Å². The van der Waals surface area contributed by atoms with Crippen molar-refractivity contribution in [1.82, 2.24) is 0 Å². The summed E-state index contributed by atoms with van der Waals surface area (Å²) in [6, 6.07) is 24.8. The third-order valence-electron chi connectivity index (χ3n) is 4.04. The van der Waals surface area contributed by atoms with Gasteiger partial charge in [-0.15, -0.1) is 0 Å². The lowest BCUT2D eigenvalue weighted by Gasteiger charge is -2.16. The third kappa shape index (κ3) is 3.58. The first-order valence-electron chi connectivity index (χ1n) is 7.99. The number of rotatable bonds is 4. The van der Waals surface area contributed by atoms with E-state index >= 15 is 0 Å². The molecule has 3 aromatic rings. The summed E-state index contributed by atoms with van der Waals surface area (Å²) in [6.07, 6.45) is 0.846. The van der Waals surface area contributed by atoms with E-state index < -0.39 is 0 Å². The van der Waals surface area contributed by atoms with Gasteiger partial charge in [-0.25, -0.2) is 4.39 Å².